The molecule has 1 aliphatic carbocycles. The first-order valence-electron chi connectivity index (χ1n) is 12.1. The van der Waals surface area contributed by atoms with Crippen LogP contribution in [0, 0.1) is 0 Å². The Kier molecular flexibility index (Phi) is 6.58. The number of H-pyrrole nitrogens is 1. The number of benzene rings is 2. The number of halogens is 4. The van der Waals surface area contributed by atoms with Crippen molar-refractivity contribution in [2.24, 2.45) is 0 Å². The second-order valence-electron chi connectivity index (χ2n) is 9.37. The lowest BCUT2D eigenvalue weighted by Crippen LogP contribution is -2.26. The summed E-state index contributed by atoms with van der Waals surface area (Å²) < 4.78 is 56.4. The second kappa shape index (κ2) is 9.84. The van der Waals surface area contributed by atoms with Gasteiger partial charge in [0.25, 0.3) is 5.91 Å². The topological polar surface area (TPSA) is 57.8 Å². The number of nitrogens with zero attached hydrogens (tertiary/aromatic N) is 1. The number of aromatic amines is 1. The summed E-state index contributed by atoms with van der Waals surface area (Å²) in [6.45, 7) is 0. The van der Waals surface area contributed by atoms with Crippen molar-refractivity contribution in [3.63, 3.8) is 0 Å². The molecular formula is C29H25F4N3O. The zero-order chi connectivity index (χ0) is 26.0. The number of carbonyl (C=O) groups is 1. The van der Waals surface area contributed by atoms with Gasteiger partial charge in [-0.2, -0.15) is 13.2 Å². The molecule has 0 unspecified atom stereocenters. The summed E-state index contributed by atoms with van der Waals surface area (Å²) in [6, 6.07) is 22.2. The van der Waals surface area contributed by atoms with Gasteiger partial charge in [-0.05, 0) is 55.0 Å². The highest BCUT2D eigenvalue weighted by Gasteiger charge is 2.39. The summed E-state index contributed by atoms with van der Waals surface area (Å²) in [6.07, 6.45) is -1.26. The van der Waals surface area contributed by atoms with E-state index >= 15 is 4.39 Å². The summed E-state index contributed by atoms with van der Waals surface area (Å²) >= 11 is 0. The summed E-state index contributed by atoms with van der Waals surface area (Å²) in [5, 5.41) is 2.52. The lowest BCUT2D eigenvalue weighted by atomic mass is 9.75. The molecule has 190 valence electrons. The molecule has 0 atom stereocenters. The van der Waals surface area contributed by atoms with Gasteiger partial charge in [0.15, 0.2) is 0 Å². The van der Waals surface area contributed by atoms with Crippen molar-refractivity contribution < 1.29 is 22.4 Å². The molecule has 1 saturated carbocycles. The smallest absolute Gasteiger partial charge is 0.350 e. The summed E-state index contributed by atoms with van der Waals surface area (Å²) in [4.78, 5) is 19.6. The van der Waals surface area contributed by atoms with E-state index in [9.17, 15) is 18.0 Å². The van der Waals surface area contributed by atoms with Gasteiger partial charge in [0.05, 0.1) is 17.4 Å². The molecule has 1 aliphatic rings. The van der Waals surface area contributed by atoms with E-state index in [1.54, 1.807) is 42.5 Å². The van der Waals surface area contributed by atoms with Crippen LogP contribution >= 0.6 is 0 Å². The molecule has 2 N–H and O–H groups in total. The number of pyridine rings is 1. The molecule has 0 aliphatic heterocycles. The fraction of sp³-hybridized carbons (Fsp3) is 0.241. The van der Waals surface area contributed by atoms with E-state index in [1.807, 2.05) is 30.3 Å². The number of alkyl halides is 4. The summed E-state index contributed by atoms with van der Waals surface area (Å²) in [7, 11) is 0. The van der Waals surface area contributed by atoms with E-state index in [-0.39, 0.29) is 17.3 Å². The van der Waals surface area contributed by atoms with Crippen LogP contribution in [0.15, 0.2) is 85.1 Å². The molecule has 8 heteroatoms. The maximum Gasteiger partial charge on any atom is 0.432 e. The Hall–Kier alpha value is -3.94. The van der Waals surface area contributed by atoms with Gasteiger partial charge in [-0.25, -0.2) is 4.39 Å². The van der Waals surface area contributed by atoms with Crippen LogP contribution in [0.25, 0.3) is 11.3 Å². The Morgan fingerprint density at radius 1 is 0.946 bits per heavy atom. The fourth-order valence-corrected chi connectivity index (χ4v) is 4.95. The van der Waals surface area contributed by atoms with Crippen LogP contribution in [-0.4, -0.2) is 15.9 Å². The number of hydrogen-bond donors (Lipinski definition) is 2. The number of amides is 1. The van der Waals surface area contributed by atoms with E-state index in [4.69, 9.17) is 0 Å². The molecule has 1 amide bonds. The first-order chi connectivity index (χ1) is 17.7. The molecule has 0 spiro atoms. The van der Waals surface area contributed by atoms with Crippen molar-refractivity contribution >= 4 is 11.6 Å². The lowest BCUT2D eigenvalue weighted by Gasteiger charge is -2.34. The standard InChI is InChI=1S/C29H25F4N3O/c30-28(21-9-5-2-6-10-21)15-13-20(14-16-28)24-12-11-22(18-34-24)35-27(37)23-17-25(19-7-3-1-4-8-19)36-26(23)29(31,32)33/h1-12,17-18,20,36H,13-16H2,(H,35,37). The Balaban J connectivity index is 1.28. The van der Waals surface area contributed by atoms with E-state index < -0.39 is 29.0 Å². The Morgan fingerprint density at radius 2 is 1.59 bits per heavy atom. The maximum absolute atomic E-state index is 15.4. The third-order valence-electron chi connectivity index (χ3n) is 6.96. The Bertz CT molecular complexity index is 1360. The van der Waals surface area contributed by atoms with E-state index in [1.165, 1.54) is 12.3 Å². The minimum atomic E-state index is -4.73. The first-order valence-corrected chi connectivity index (χ1v) is 12.1. The SMILES string of the molecule is O=C(Nc1ccc(C2CCC(F)(c3ccccc3)CC2)nc1)c1cc(-c2ccccc2)[nH]c1C(F)(F)F. The van der Waals surface area contributed by atoms with Crippen LogP contribution in [-0.2, 0) is 11.8 Å². The van der Waals surface area contributed by atoms with Gasteiger partial charge >= 0.3 is 6.18 Å². The Morgan fingerprint density at radius 3 is 2.19 bits per heavy atom. The number of nitrogens with one attached hydrogen (secondary N) is 2. The molecule has 5 rings (SSSR count). The zero-order valence-electron chi connectivity index (χ0n) is 19.9. The number of rotatable bonds is 5. The van der Waals surface area contributed by atoms with Crippen molar-refractivity contribution in [3.05, 3.63) is 108 Å². The quantitative estimate of drug-likeness (QED) is 0.270. The van der Waals surface area contributed by atoms with Gasteiger partial charge in [-0.1, -0.05) is 60.7 Å². The second-order valence-corrected chi connectivity index (χ2v) is 9.37. The molecule has 2 aromatic heterocycles. The maximum atomic E-state index is 15.4. The third kappa shape index (κ3) is 5.28. The predicted molar refractivity (Wildman–Crippen MR) is 134 cm³/mol. The van der Waals surface area contributed by atoms with Gasteiger partial charge in [0.1, 0.15) is 11.4 Å². The summed E-state index contributed by atoms with van der Waals surface area (Å²) in [5.74, 6) is -0.810. The van der Waals surface area contributed by atoms with Crippen LogP contribution in [0.5, 0.6) is 0 Å². The van der Waals surface area contributed by atoms with Crippen LogP contribution in [0.3, 0.4) is 0 Å². The fourth-order valence-electron chi connectivity index (χ4n) is 4.95. The average molecular weight is 508 g/mol. The molecule has 0 saturated heterocycles. The number of anilines is 1. The average Bonchev–Trinajstić information content (AvgIpc) is 3.38. The van der Waals surface area contributed by atoms with Crippen molar-refractivity contribution in [3.8, 4) is 11.3 Å². The highest BCUT2D eigenvalue weighted by atomic mass is 19.4. The van der Waals surface area contributed by atoms with Crippen molar-refractivity contribution in [1.82, 2.24) is 9.97 Å². The number of carbonyl (C=O) groups excluding carboxylic acids is 1. The first kappa shape index (κ1) is 24.7. The van der Waals surface area contributed by atoms with Crippen LogP contribution in [0.1, 0.15) is 58.9 Å². The van der Waals surface area contributed by atoms with Crippen molar-refractivity contribution in [1.29, 1.82) is 0 Å². The third-order valence-corrected chi connectivity index (χ3v) is 6.96. The van der Waals surface area contributed by atoms with Crippen LogP contribution < -0.4 is 5.32 Å². The lowest BCUT2D eigenvalue weighted by molar-refractivity contribution is -0.141. The monoisotopic (exact) mass is 507 g/mol. The van der Waals surface area contributed by atoms with Crippen LogP contribution in [0.4, 0.5) is 23.2 Å². The largest absolute Gasteiger partial charge is 0.432 e. The number of aromatic nitrogens is 2. The van der Waals surface area contributed by atoms with Crippen LogP contribution in [0.2, 0.25) is 0 Å². The van der Waals surface area contributed by atoms with Crippen molar-refractivity contribution in [2.75, 3.05) is 5.32 Å². The normalized spacial score (nSPS) is 19.9. The molecule has 2 heterocycles. The van der Waals surface area contributed by atoms with Gasteiger partial charge in [0.2, 0.25) is 0 Å². The molecule has 0 bridgehead atoms. The van der Waals surface area contributed by atoms with Gasteiger partial charge in [-0.15, -0.1) is 0 Å². The molecule has 1 fully saturated rings. The molecular weight excluding hydrogens is 482 g/mol. The van der Waals surface area contributed by atoms with E-state index in [2.05, 4.69) is 15.3 Å². The molecule has 0 radical (unpaired) electrons. The van der Waals surface area contributed by atoms with E-state index in [0.29, 0.717) is 36.8 Å². The number of hydrogen-bond acceptors (Lipinski definition) is 2. The Labute approximate surface area is 211 Å². The van der Waals surface area contributed by atoms with Gasteiger partial charge in [-0.3, -0.25) is 9.78 Å². The summed E-state index contributed by atoms with van der Waals surface area (Å²) in [5.41, 5.74) is -0.471. The van der Waals surface area contributed by atoms with Crippen molar-refractivity contribution in [2.45, 2.75) is 43.4 Å². The molecule has 4 nitrogen and oxygen atoms in total. The molecule has 37 heavy (non-hydrogen) atoms. The highest BCUT2D eigenvalue weighted by Crippen LogP contribution is 2.45. The van der Waals surface area contributed by atoms with Gasteiger partial charge in [0, 0.05) is 17.3 Å². The van der Waals surface area contributed by atoms with E-state index in [0.717, 1.165) is 5.69 Å². The highest BCUT2D eigenvalue weighted by molar-refractivity contribution is 6.06. The minimum Gasteiger partial charge on any atom is -0.350 e. The molecule has 4 aromatic rings. The molecule has 2 aromatic carbocycles. The minimum absolute atomic E-state index is 0.0762. The van der Waals surface area contributed by atoms with Gasteiger partial charge < -0.3 is 10.3 Å². The zero-order valence-corrected chi connectivity index (χ0v) is 19.9. The predicted octanol–water partition coefficient (Wildman–Crippen LogP) is 7.87.